The Kier molecular flexibility index (Phi) is 5.00. The summed E-state index contributed by atoms with van der Waals surface area (Å²) in [7, 11) is 0. The van der Waals surface area contributed by atoms with Gasteiger partial charge in [-0.3, -0.25) is 4.79 Å². The summed E-state index contributed by atoms with van der Waals surface area (Å²) in [6, 6.07) is 36.0. The second kappa shape index (κ2) is 8.33. The molecule has 1 heterocycles. The average Bonchev–Trinajstić information content (AvgIpc) is 3.50. The van der Waals surface area contributed by atoms with Gasteiger partial charge in [-0.25, -0.2) is 0 Å². The maximum atomic E-state index is 10.9. The molecular weight excluding hydrogens is 436 g/mol. The third kappa shape index (κ3) is 3.34. The van der Waals surface area contributed by atoms with Crippen molar-refractivity contribution in [1.29, 1.82) is 0 Å². The number of phenolic OH excluding ortho intramolecular Hbond substituents is 1. The fraction of sp³-hybridized carbons (Fsp3) is 0.0645. The summed E-state index contributed by atoms with van der Waals surface area (Å²) in [4.78, 5) is 10.9. The Morgan fingerprint density at radius 3 is 1.86 bits per heavy atom. The highest BCUT2D eigenvalue weighted by Gasteiger charge is 2.45. The molecule has 1 aliphatic carbocycles. The molecule has 35 heavy (non-hydrogen) atoms. The van der Waals surface area contributed by atoms with Crippen molar-refractivity contribution >= 4 is 6.29 Å². The average molecular weight is 459 g/mol. The van der Waals surface area contributed by atoms with Gasteiger partial charge in [-0.1, -0.05) is 72.8 Å². The molecule has 0 aliphatic heterocycles. The van der Waals surface area contributed by atoms with Crippen LogP contribution in [0.4, 0.5) is 0 Å². The first-order valence-corrected chi connectivity index (χ1v) is 11.5. The smallest absolute Gasteiger partial charge is 0.185 e. The lowest BCUT2D eigenvalue weighted by Gasteiger charge is -2.34. The Morgan fingerprint density at radius 2 is 1.29 bits per heavy atom. The molecule has 4 heteroatoms. The van der Waals surface area contributed by atoms with Gasteiger partial charge in [0.1, 0.15) is 23.9 Å². The van der Waals surface area contributed by atoms with E-state index in [1.807, 2.05) is 24.3 Å². The Morgan fingerprint density at radius 1 is 0.714 bits per heavy atom. The highest BCUT2D eigenvalue weighted by atomic mass is 16.5. The normalized spacial score (nSPS) is 13.1. The SMILES string of the molecule is O=Cc1ccc(COc2ccc(C3(c4ccc(O)cc4)c4ccccc4-c4ccccc43)cc2)o1. The number of fused-ring (bicyclic) bond motifs is 3. The number of carbonyl (C=O) groups excluding carboxylic acids is 1. The number of ether oxygens (including phenoxy) is 1. The molecule has 4 nitrogen and oxygen atoms in total. The predicted octanol–water partition coefficient (Wildman–Crippen LogP) is 6.74. The van der Waals surface area contributed by atoms with Crippen LogP contribution in [0.1, 0.15) is 38.6 Å². The molecule has 0 bridgehead atoms. The van der Waals surface area contributed by atoms with Crippen LogP contribution >= 0.6 is 0 Å². The standard InChI is InChI=1S/C31H22O4/c32-19-25-17-18-26(35-25)20-34-24-15-11-22(12-16-24)31(21-9-13-23(33)14-10-21)29-7-3-1-5-27(29)28-6-2-4-8-30(28)31/h1-19,33H,20H2. The topological polar surface area (TPSA) is 59.7 Å². The number of rotatable bonds is 6. The lowest BCUT2D eigenvalue weighted by atomic mass is 9.68. The first kappa shape index (κ1) is 21.0. The van der Waals surface area contributed by atoms with E-state index in [0.717, 1.165) is 11.1 Å². The van der Waals surface area contributed by atoms with Crippen molar-refractivity contribution in [3.8, 4) is 22.6 Å². The van der Waals surface area contributed by atoms with Crippen LogP contribution < -0.4 is 4.74 Å². The third-order valence-electron chi connectivity index (χ3n) is 6.72. The molecule has 0 radical (unpaired) electrons. The summed E-state index contributed by atoms with van der Waals surface area (Å²) in [6.07, 6.45) is 0.679. The van der Waals surface area contributed by atoms with Crippen LogP contribution in [0.25, 0.3) is 11.1 Å². The Hall–Kier alpha value is -4.57. The predicted molar refractivity (Wildman–Crippen MR) is 134 cm³/mol. The van der Waals surface area contributed by atoms with Gasteiger partial charge in [0.25, 0.3) is 0 Å². The molecule has 0 atom stereocenters. The van der Waals surface area contributed by atoms with E-state index in [-0.39, 0.29) is 18.1 Å². The highest BCUT2D eigenvalue weighted by molar-refractivity contribution is 5.86. The van der Waals surface area contributed by atoms with Gasteiger partial charge in [0.05, 0.1) is 5.41 Å². The maximum absolute atomic E-state index is 10.9. The minimum Gasteiger partial charge on any atom is -0.508 e. The minimum atomic E-state index is -0.528. The molecular formula is C31H22O4. The molecule has 0 saturated heterocycles. The van der Waals surface area contributed by atoms with Crippen molar-refractivity contribution in [2.24, 2.45) is 0 Å². The van der Waals surface area contributed by atoms with Crippen LogP contribution in [0.5, 0.6) is 11.5 Å². The molecule has 4 aromatic carbocycles. The van der Waals surface area contributed by atoms with Crippen LogP contribution in [0.3, 0.4) is 0 Å². The Bertz CT molecular complexity index is 1470. The molecule has 0 saturated carbocycles. The van der Waals surface area contributed by atoms with Crippen LogP contribution in [-0.4, -0.2) is 11.4 Å². The zero-order valence-electron chi connectivity index (χ0n) is 18.8. The minimum absolute atomic E-state index is 0.238. The molecule has 0 unspecified atom stereocenters. The molecule has 0 fully saturated rings. The summed E-state index contributed by atoms with van der Waals surface area (Å²) >= 11 is 0. The zero-order chi connectivity index (χ0) is 23.8. The summed E-state index contributed by atoms with van der Waals surface area (Å²) in [5.41, 5.74) is 6.49. The maximum Gasteiger partial charge on any atom is 0.185 e. The molecule has 1 aliphatic rings. The van der Waals surface area contributed by atoms with Gasteiger partial charge in [-0.2, -0.15) is 0 Å². The second-order valence-electron chi connectivity index (χ2n) is 8.62. The molecule has 1 N–H and O–H groups in total. The largest absolute Gasteiger partial charge is 0.508 e. The number of aromatic hydroxyl groups is 1. The number of benzene rings is 4. The molecule has 5 aromatic rings. The Labute approximate surface area is 203 Å². The first-order valence-electron chi connectivity index (χ1n) is 11.5. The Balaban J connectivity index is 1.46. The van der Waals surface area contributed by atoms with Crippen molar-refractivity contribution in [1.82, 2.24) is 0 Å². The molecule has 6 rings (SSSR count). The van der Waals surface area contributed by atoms with Gasteiger partial charge in [-0.15, -0.1) is 0 Å². The molecule has 0 spiro atoms. The number of furan rings is 1. The van der Waals surface area contributed by atoms with E-state index in [4.69, 9.17) is 9.15 Å². The van der Waals surface area contributed by atoms with Gasteiger partial charge in [0.2, 0.25) is 0 Å². The lowest BCUT2D eigenvalue weighted by molar-refractivity contribution is 0.109. The highest BCUT2D eigenvalue weighted by Crippen LogP contribution is 2.56. The van der Waals surface area contributed by atoms with Crippen LogP contribution in [0.15, 0.2) is 114 Å². The molecule has 0 amide bonds. The molecule has 1 aromatic heterocycles. The summed E-state index contributed by atoms with van der Waals surface area (Å²) in [5.74, 6) is 1.82. The van der Waals surface area contributed by atoms with Gasteiger partial charge < -0.3 is 14.3 Å². The number of hydrogen-bond acceptors (Lipinski definition) is 4. The summed E-state index contributed by atoms with van der Waals surface area (Å²) in [5, 5.41) is 10.0. The number of hydrogen-bond donors (Lipinski definition) is 1. The number of carbonyl (C=O) groups is 1. The van der Waals surface area contributed by atoms with E-state index in [0.29, 0.717) is 17.8 Å². The quantitative estimate of drug-likeness (QED) is 0.281. The van der Waals surface area contributed by atoms with Crippen molar-refractivity contribution in [2.45, 2.75) is 12.0 Å². The number of aldehydes is 1. The first-order chi connectivity index (χ1) is 17.2. The van der Waals surface area contributed by atoms with E-state index < -0.39 is 5.41 Å². The summed E-state index contributed by atoms with van der Waals surface area (Å²) < 4.78 is 11.3. The fourth-order valence-corrected chi connectivity index (χ4v) is 5.23. The van der Waals surface area contributed by atoms with E-state index in [1.165, 1.54) is 22.3 Å². The van der Waals surface area contributed by atoms with Gasteiger partial charge in [0, 0.05) is 0 Å². The van der Waals surface area contributed by atoms with E-state index >= 15 is 0 Å². The van der Waals surface area contributed by atoms with Crippen molar-refractivity contribution < 1.29 is 19.1 Å². The van der Waals surface area contributed by atoms with Gasteiger partial charge in [-0.05, 0) is 69.8 Å². The van der Waals surface area contributed by atoms with E-state index in [2.05, 4.69) is 60.7 Å². The number of phenols is 1. The van der Waals surface area contributed by atoms with Crippen LogP contribution in [-0.2, 0) is 12.0 Å². The van der Waals surface area contributed by atoms with Gasteiger partial charge >= 0.3 is 0 Å². The van der Waals surface area contributed by atoms with E-state index in [1.54, 1.807) is 24.3 Å². The van der Waals surface area contributed by atoms with Crippen LogP contribution in [0.2, 0.25) is 0 Å². The molecule has 170 valence electrons. The van der Waals surface area contributed by atoms with Crippen molar-refractivity contribution in [3.63, 3.8) is 0 Å². The van der Waals surface area contributed by atoms with E-state index in [9.17, 15) is 9.90 Å². The van der Waals surface area contributed by atoms with Gasteiger partial charge in [0.15, 0.2) is 12.0 Å². The fourth-order valence-electron chi connectivity index (χ4n) is 5.23. The van der Waals surface area contributed by atoms with Crippen LogP contribution in [0, 0.1) is 0 Å². The third-order valence-corrected chi connectivity index (χ3v) is 6.72. The zero-order valence-corrected chi connectivity index (χ0v) is 18.8. The van der Waals surface area contributed by atoms with Crippen molar-refractivity contribution in [2.75, 3.05) is 0 Å². The monoisotopic (exact) mass is 458 g/mol. The summed E-state index contributed by atoms with van der Waals surface area (Å²) in [6.45, 7) is 0.238. The van der Waals surface area contributed by atoms with Crippen molar-refractivity contribution in [3.05, 3.63) is 143 Å². The second-order valence-corrected chi connectivity index (χ2v) is 8.62. The lowest BCUT2D eigenvalue weighted by Crippen LogP contribution is -2.28.